The first-order valence-electron chi connectivity index (χ1n) is 7.92. The molecule has 3 aromatic rings. The van der Waals surface area contributed by atoms with Gasteiger partial charge in [-0.3, -0.25) is 0 Å². The molecule has 1 saturated heterocycles. The van der Waals surface area contributed by atoms with Crippen LogP contribution in [-0.2, 0) is 10.0 Å². The van der Waals surface area contributed by atoms with E-state index in [1.54, 1.807) is 24.5 Å². The van der Waals surface area contributed by atoms with Crippen LogP contribution in [0, 0.1) is 0 Å². The van der Waals surface area contributed by atoms with Crippen molar-refractivity contribution < 1.29 is 12.8 Å². The van der Waals surface area contributed by atoms with Gasteiger partial charge in [-0.05, 0) is 36.4 Å². The van der Waals surface area contributed by atoms with Gasteiger partial charge in [-0.25, -0.2) is 8.42 Å². The van der Waals surface area contributed by atoms with Gasteiger partial charge in [-0.2, -0.15) is 4.31 Å². The summed E-state index contributed by atoms with van der Waals surface area (Å²) >= 11 is 6.94. The summed E-state index contributed by atoms with van der Waals surface area (Å²) < 4.78 is 32.8. The molecule has 0 bridgehead atoms. The van der Waals surface area contributed by atoms with Crippen molar-refractivity contribution in [1.29, 1.82) is 0 Å². The lowest BCUT2D eigenvalue weighted by molar-refractivity contribution is 0.384. The highest BCUT2D eigenvalue weighted by atomic mass is 35.5. The van der Waals surface area contributed by atoms with Crippen LogP contribution in [-0.4, -0.2) is 49.1 Å². The lowest BCUT2D eigenvalue weighted by atomic mass is 10.3. The van der Waals surface area contributed by atoms with Gasteiger partial charge in [0.15, 0.2) is 11.6 Å². The first kappa shape index (κ1) is 17.5. The van der Waals surface area contributed by atoms with Gasteiger partial charge in [-0.1, -0.05) is 11.6 Å². The molecular weight excluding hydrogens is 396 g/mol. The number of anilines is 1. The number of rotatable bonds is 4. The van der Waals surface area contributed by atoms with Gasteiger partial charge < -0.3 is 9.32 Å². The molecule has 4 heterocycles. The standard InChI is InChI=1S/C16H15ClN4O3S2/c17-14-4-6-16(25-14)26(22,23)21-9-7-20(8-10-21)15-5-3-12(18-19-15)13-2-1-11-24-13/h1-6,11H,7-10H2. The fourth-order valence-corrected chi connectivity index (χ4v) is 5.83. The predicted molar refractivity (Wildman–Crippen MR) is 100 cm³/mol. The summed E-state index contributed by atoms with van der Waals surface area (Å²) in [4.78, 5) is 2.02. The zero-order chi connectivity index (χ0) is 18.1. The molecule has 10 heteroatoms. The maximum atomic E-state index is 12.6. The molecule has 3 aromatic heterocycles. The number of furan rings is 1. The van der Waals surface area contributed by atoms with Gasteiger partial charge in [-0.15, -0.1) is 21.5 Å². The lowest BCUT2D eigenvalue weighted by Crippen LogP contribution is -2.48. The van der Waals surface area contributed by atoms with Crippen LogP contribution < -0.4 is 4.90 Å². The molecular formula is C16H15ClN4O3S2. The monoisotopic (exact) mass is 410 g/mol. The Hall–Kier alpha value is -1.94. The molecule has 1 aliphatic heterocycles. The van der Waals surface area contributed by atoms with E-state index in [9.17, 15) is 8.42 Å². The molecule has 0 N–H and O–H groups in total. The lowest BCUT2D eigenvalue weighted by Gasteiger charge is -2.34. The van der Waals surface area contributed by atoms with Gasteiger partial charge in [0, 0.05) is 26.2 Å². The van der Waals surface area contributed by atoms with Crippen molar-refractivity contribution in [3.05, 3.63) is 47.0 Å². The normalized spacial score (nSPS) is 16.1. The molecule has 0 aliphatic carbocycles. The van der Waals surface area contributed by atoms with Crippen molar-refractivity contribution in [3.63, 3.8) is 0 Å². The molecule has 7 nitrogen and oxygen atoms in total. The Kier molecular flexibility index (Phi) is 4.70. The third-order valence-electron chi connectivity index (χ3n) is 4.13. The Morgan fingerprint density at radius 3 is 2.42 bits per heavy atom. The van der Waals surface area contributed by atoms with Gasteiger partial charge in [0.2, 0.25) is 0 Å². The largest absolute Gasteiger partial charge is 0.463 e. The molecule has 0 radical (unpaired) electrons. The van der Waals surface area contributed by atoms with Crippen LogP contribution in [0.1, 0.15) is 0 Å². The summed E-state index contributed by atoms with van der Waals surface area (Å²) in [5.74, 6) is 1.38. The van der Waals surface area contributed by atoms with E-state index < -0.39 is 10.0 Å². The number of piperazine rings is 1. The number of thiophene rings is 1. The Bertz CT molecular complexity index is 979. The highest BCUT2D eigenvalue weighted by Crippen LogP contribution is 2.29. The summed E-state index contributed by atoms with van der Waals surface area (Å²) in [6.07, 6.45) is 1.59. The van der Waals surface area contributed by atoms with E-state index >= 15 is 0 Å². The molecule has 0 unspecified atom stereocenters. The molecule has 0 spiro atoms. The maximum absolute atomic E-state index is 12.6. The smallest absolute Gasteiger partial charge is 0.252 e. The van der Waals surface area contributed by atoms with E-state index in [1.807, 2.05) is 23.1 Å². The topological polar surface area (TPSA) is 79.5 Å². The maximum Gasteiger partial charge on any atom is 0.252 e. The van der Waals surface area contributed by atoms with E-state index in [0.717, 1.165) is 17.2 Å². The van der Waals surface area contributed by atoms with Crippen LogP contribution in [0.2, 0.25) is 4.34 Å². The summed E-state index contributed by atoms with van der Waals surface area (Å²) in [5, 5.41) is 8.42. The minimum atomic E-state index is -3.49. The van der Waals surface area contributed by atoms with Crippen molar-refractivity contribution in [3.8, 4) is 11.5 Å². The van der Waals surface area contributed by atoms with Gasteiger partial charge in [0.05, 0.1) is 10.6 Å². The van der Waals surface area contributed by atoms with Crippen LogP contribution in [0.3, 0.4) is 0 Å². The van der Waals surface area contributed by atoms with Crippen LogP contribution >= 0.6 is 22.9 Å². The van der Waals surface area contributed by atoms with Crippen molar-refractivity contribution in [1.82, 2.24) is 14.5 Å². The van der Waals surface area contributed by atoms with Crippen molar-refractivity contribution in [2.45, 2.75) is 4.21 Å². The van der Waals surface area contributed by atoms with E-state index in [2.05, 4.69) is 10.2 Å². The first-order chi connectivity index (χ1) is 12.5. The number of aromatic nitrogens is 2. The highest BCUT2D eigenvalue weighted by molar-refractivity contribution is 7.91. The number of halogens is 1. The molecule has 136 valence electrons. The molecule has 1 aliphatic rings. The van der Waals surface area contributed by atoms with Crippen LogP contribution in [0.15, 0.2) is 51.3 Å². The van der Waals surface area contributed by atoms with Gasteiger partial charge in [0.25, 0.3) is 10.0 Å². The van der Waals surface area contributed by atoms with E-state index in [4.69, 9.17) is 16.0 Å². The van der Waals surface area contributed by atoms with Crippen molar-refractivity contribution >= 4 is 38.8 Å². The fraction of sp³-hybridized carbons (Fsp3) is 0.250. The molecule has 0 saturated carbocycles. The first-order valence-corrected chi connectivity index (χ1v) is 10.6. The number of hydrogen-bond acceptors (Lipinski definition) is 7. The second-order valence-corrected chi connectivity index (χ2v) is 9.58. The second kappa shape index (κ2) is 6.99. The average molecular weight is 411 g/mol. The molecule has 4 rings (SSSR count). The molecule has 0 aromatic carbocycles. The second-order valence-electron chi connectivity index (χ2n) is 5.70. The van der Waals surface area contributed by atoms with Gasteiger partial charge in [0.1, 0.15) is 9.90 Å². The van der Waals surface area contributed by atoms with Crippen molar-refractivity contribution in [2.75, 3.05) is 31.1 Å². The number of hydrogen-bond donors (Lipinski definition) is 0. The van der Waals surface area contributed by atoms with E-state index in [0.29, 0.717) is 42.0 Å². The fourth-order valence-electron chi connectivity index (χ4n) is 2.77. The minimum Gasteiger partial charge on any atom is -0.463 e. The number of sulfonamides is 1. The predicted octanol–water partition coefficient (Wildman–Crippen LogP) is 2.96. The molecule has 0 atom stereocenters. The van der Waals surface area contributed by atoms with E-state index in [1.165, 1.54) is 4.31 Å². The third-order valence-corrected chi connectivity index (χ3v) is 7.73. The zero-order valence-electron chi connectivity index (χ0n) is 13.6. The van der Waals surface area contributed by atoms with Crippen molar-refractivity contribution in [2.24, 2.45) is 0 Å². The number of nitrogens with zero attached hydrogens (tertiary/aromatic N) is 4. The SMILES string of the molecule is O=S(=O)(c1ccc(Cl)s1)N1CCN(c2ccc(-c3ccco3)nn2)CC1. The summed E-state index contributed by atoms with van der Waals surface area (Å²) in [7, 11) is -3.49. The van der Waals surface area contributed by atoms with Crippen LogP contribution in [0.25, 0.3) is 11.5 Å². The zero-order valence-corrected chi connectivity index (χ0v) is 16.0. The Balaban J connectivity index is 1.43. The Labute approximate surface area is 159 Å². The summed E-state index contributed by atoms with van der Waals surface area (Å²) in [5.41, 5.74) is 0.662. The van der Waals surface area contributed by atoms with Gasteiger partial charge >= 0.3 is 0 Å². The van der Waals surface area contributed by atoms with E-state index in [-0.39, 0.29) is 4.21 Å². The molecule has 1 fully saturated rings. The summed E-state index contributed by atoms with van der Waals surface area (Å²) in [6.45, 7) is 1.87. The summed E-state index contributed by atoms with van der Waals surface area (Å²) in [6, 6.07) is 10.5. The highest BCUT2D eigenvalue weighted by Gasteiger charge is 2.30. The van der Waals surface area contributed by atoms with Crippen LogP contribution in [0.4, 0.5) is 5.82 Å². The average Bonchev–Trinajstić information content (AvgIpc) is 3.34. The Morgan fingerprint density at radius 2 is 1.85 bits per heavy atom. The quantitative estimate of drug-likeness (QED) is 0.657. The van der Waals surface area contributed by atoms with Crippen LogP contribution in [0.5, 0.6) is 0 Å². The molecule has 0 amide bonds. The third kappa shape index (κ3) is 3.35. The Morgan fingerprint density at radius 1 is 1.04 bits per heavy atom. The minimum absolute atomic E-state index is 0.276. The molecule has 26 heavy (non-hydrogen) atoms.